The summed E-state index contributed by atoms with van der Waals surface area (Å²) in [5.41, 5.74) is 4.59. The van der Waals surface area contributed by atoms with Crippen LogP contribution in [-0.4, -0.2) is 24.3 Å². The van der Waals surface area contributed by atoms with E-state index in [9.17, 15) is 15.4 Å². The van der Waals surface area contributed by atoms with Crippen LogP contribution >= 0.6 is 0 Å². The molecular weight excluding hydrogens is 404 g/mol. The highest BCUT2D eigenvalue weighted by Crippen LogP contribution is 2.27. The van der Waals surface area contributed by atoms with E-state index in [2.05, 4.69) is 16.3 Å². The highest BCUT2D eigenvalue weighted by atomic mass is 16.6. The van der Waals surface area contributed by atoms with Gasteiger partial charge in [0, 0.05) is 36.1 Å². The summed E-state index contributed by atoms with van der Waals surface area (Å²) in [5.74, 6) is 1.13. The Balaban J connectivity index is 1.77. The second kappa shape index (κ2) is 8.32. The van der Waals surface area contributed by atoms with Gasteiger partial charge >= 0.3 is 0 Å². The van der Waals surface area contributed by atoms with Crippen molar-refractivity contribution in [1.29, 1.82) is 5.26 Å². The topological polar surface area (TPSA) is 103 Å². The minimum Gasteiger partial charge on any atom is -0.318 e. The second-order valence-electron chi connectivity index (χ2n) is 7.38. The van der Waals surface area contributed by atoms with Gasteiger partial charge in [-0.3, -0.25) is 10.1 Å². The van der Waals surface area contributed by atoms with E-state index in [1.807, 2.05) is 67.9 Å². The molecular formula is C24H20N6O2. The Morgan fingerprint density at radius 1 is 1.09 bits per heavy atom. The average Bonchev–Trinajstić information content (AvgIpc) is 3.31. The van der Waals surface area contributed by atoms with E-state index in [1.54, 1.807) is 16.7 Å². The number of hydrogen-bond donors (Lipinski definition) is 0. The molecule has 0 saturated carbocycles. The molecule has 2 aromatic heterocycles. The van der Waals surface area contributed by atoms with Gasteiger partial charge in [-0.1, -0.05) is 36.4 Å². The lowest BCUT2D eigenvalue weighted by Gasteiger charge is -2.09. The first-order chi connectivity index (χ1) is 15.4. The number of allylic oxidation sites excluding steroid dienone is 1. The monoisotopic (exact) mass is 424 g/mol. The van der Waals surface area contributed by atoms with E-state index in [1.165, 1.54) is 12.1 Å². The van der Waals surface area contributed by atoms with Gasteiger partial charge in [-0.25, -0.2) is 0 Å². The number of nitro benzene ring substituents is 1. The zero-order chi connectivity index (χ0) is 22.8. The normalized spacial score (nSPS) is 11.4. The van der Waals surface area contributed by atoms with E-state index >= 15 is 0 Å². The van der Waals surface area contributed by atoms with Crippen LogP contribution in [0, 0.1) is 35.3 Å². The zero-order valence-corrected chi connectivity index (χ0v) is 17.9. The maximum Gasteiger partial charge on any atom is 0.271 e. The molecule has 0 fully saturated rings. The summed E-state index contributed by atoms with van der Waals surface area (Å²) in [6.45, 7) is 3.84. The number of non-ortho nitro benzene ring substituents is 1. The van der Waals surface area contributed by atoms with Crippen molar-refractivity contribution < 1.29 is 4.92 Å². The van der Waals surface area contributed by atoms with E-state index in [-0.39, 0.29) is 5.69 Å². The number of aromatic nitrogens is 4. The van der Waals surface area contributed by atoms with Crippen LogP contribution in [0.15, 0.2) is 60.7 Å². The van der Waals surface area contributed by atoms with Crippen LogP contribution in [-0.2, 0) is 7.05 Å². The molecule has 0 amide bonds. The predicted molar refractivity (Wildman–Crippen MR) is 122 cm³/mol. The number of benzene rings is 2. The standard InChI is InChI=1S/C24H20N6O2/c1-16-12-19(17(2)29(16)21-10-7-11-22(14-21)30(31)32)13-20(15-25)24-27-26-23(28(24)3)18-8-5-4-6-9-18/h4-14H,1-3H3/b20-13-. The molecule has 0 atom stereocenters. The van der Waals surface area contributed by atoms with Crippen LogP contribution in [0.25, 0.3) is 28.7 Å². The van der Waals surface area contributed by atoms with E-state index in [0.717, 1.165) is 22.5 Å². The fourth-order valence-electron chi connectivity index (χ4n) is 3.78. The second-order valence-corrected chi connectivity index (χ2v) is 7.38. The SMILES string of the molecule is Cc1cc(/C=C(/C#N)c2nnc(-c3ccccc3)n2C)c(C)n1-c1cccc([N+](=O)[O-])c1. The molecule has 0 aliphatic heterocycles. The third-order valence-corrected chi connectivity index (χ3v) is 5.34. The average molecular weight is 424 g/mol. The maximum absolute atomic E-state index is 11.2. The van der Waals surface area contributed by atoms with Gasteiger partial charge in [0.2, 0.25) is 0 Å². The quantitative estimate of drug-likeness (QED) is 0.258. The molecule has 0 radical (unpaired) electrons. The highest BCUT2D eigenvalue weighted by molar-refractivity contribution is 5.88. The largest absolute Gasteiger partial charge is 0.318 e. The summed E-state index contributed by atoms with van der Waals surface area (Å²) in [4.78, 5) is 10.8. The summed E-state index contributed by atoms with van der Waals surface area (Å²) in [6, 6.07) is 20.3. The van der Waals surface area contributed by atoms with Crippen LogP contribution in [0.2, 0.25) is 0 Å². The Morgan fingerprint density at radius 2 is 1.84 bits per heavy atom. The number of rotatable bonds is 5. The van der Waals surface area contributed by atoms with E-state index in [0.29, 0.717) is 22.9 Å². The van der Waals surface area contributed by atoms with Crippen LogP contribution in [0.3, 0.4) is 0 Å². The van der Waals surface area contributed by atoms with Gasteiger partial charge in [-0.05, 0) is 37.6 Å². The summed E-state index contributed by atoms with van der Waals surface area (Å²) in [6.07, 6.45) is 1.77. The predicted octanol–water partition coefficient (Wildman–Crippen LogP) is 4.86. The fraction of sp³-hybridized carbons (Fsp3) is 0.125. The van der Waals surface area contributed by atoms with Crippen molar-refractivity contribution in [3.63, 3.8) is 0 Å². The van der Waals surface area contributed by atoms with Crippen molar-refractivity contribution in [3.05, 3.63) is 93.6 Å². The molecule has 2 aromatic carbocycles. The molecule has 0 aliphatic carbocycles. The minimum absolute atomic E-state index is 0.0253. The summed E-state index contributed by atoms with van der Waals surface area (Å²) < 4.78 is 3.73. The van der Waals surface area contributed by atoms with Crippen molar-refractivity contribution in [2.45, 2.75) is 13.8 Å². The molecule has 158 valence electrons. The third-order valence-electron chi connectivity index (χ3n) is 5.34. The lowest BCUT2D eigenvalue weighted by Crippen LogP contribution is -2.00. The molecule has 4 rings (SSSR count). The molecule has 4 aromatic rings. The Morgan fingerprint density at radius 3 is 2.53 bits per heavy atom. The van der Waals surface area contributed by atoms with Gasteiger partial charge in [0.15, 0.2) is 11.6 Å². The number of nitriles is 1. The molecule has 0 unspecified atom stereocenters. The van der Waals surface area contributed by atoms with Gasteiger partial charge in [-0.15, -0.1) is 10.2 Å². The first-order valence-corrected chi connectivity index (χ1v) is 9.91. The van der Waals surface area contributed by atoms with Crippen molar-refractivity contribution in [1.82, 2.24) is 19.3 Å². The van der Waals surface area contributed by atoms with Crippen LogP contribution in [0.4, 0.5) is 5.69 Å². The Labute approximate surface area is 184 Å². The van der Waals surface area contributed by atoms with Crippen molar-refractivity contribution in [2.75, 3.05) is 0 Å². The lowest BCUT2D eigenvalue weighted by molar-refractivity contribution is -0.384. The number of nitro groups is 1. The first-order valence-electron chi connectivity index (χ1n) is 9.91. The van der Waals surface area contributed by atoms with E-state index in [4.69, 9.17) is 0 Å². The van der Waals surface area contributed by atoms with Crippen LogP contribution < -0.4 is 0 Å². The number of aryl methyl sites for hydroxylation is 1. The van der Waals surface area contributed by atoms with Crippen LogP contribution in [0.5, 0.6) is 0 Å². The summed E-state index contributed by atoms with van der Waals surface area (Å²) in [5, 5.41) is 29.5. The molecule has 8 nitrogen and oxygen atoms in total. The molecule has 0 spiro atoms. The van der Waals surface area contributed by atoms with Crippen LogP contribution in [0.1, 0.15) is 22.8 Å². The van der Waals surface area contributed by atoms with Gasteiger partial charge in [0.1, 0.15) is 6.07 Å². The van der Waals surface area contributed by atoms with Crippen molar-refractivity contribution in [2.24, 2.45) is 7.05 Å². The highest BCUT2D eigenvalue weighted by Gasteiger charge is 2.17. The summed E-state index contributed by atoms with van der Waals surface area (Å²) in [7, 11) is 1.83. The Bertz CT molecular complexity index is 1390. The van der Waals surface area contributed by atoms with Gasteiger partial charge in [0.05, 0.1) is 16.2 Å². The molecule has 0 saturated heterocycles. The fourth-order valence-corrected chi connectivity index (χ4v) is 3.78. The number of hydrogen-bond acceptors (Lipinski definition) is 5. The maximum atomic E-state index is 11.2. The molecule has 0 bridgehead atoms. The Kier molecular flexibility index (Phi) is 5.39. The molecule has 0 N–H and O–H groups in total. The molecule has 8 heteroatoms. The summed E-state index contributed by atoms with van der Waals surface area (Å²) >= 11 is 0. The van der Waals surface area contributed by atoms with Crippen molar-refractivity contribution in [3.8, 4) is 23.1 Å². The minimum atomic E-state index is -0.412. The van der Waals surface area contributed by atoms with Gasteiger partial charge < -0.3 is 9.13 Å². The van der Waals surface area contributed by atoms with E-state index < -0.39 is 4.92 Å². The van der Waals surface area contributed by atoms with Crippen molar-refractivity contribution >= 4 is 17.3 Å². The van der Waals surface area contributed by atoms with Gasteiger partial charge in [0.25, 0.3) is 5.69 Å². The first kappa shape index (κ1) is 20.8. The number of nitrogens with zero attached hydrogens (tertiary/aromatic N) is 6. The molecule has 2 heterocycles. The smallest absolute Gasteiger partial charge is 0.271 e. The molecule has 32 heavy (non-hydrogen) atoms. The third kappa shape index (κ3) is 3.68. The zero-order valence-electron chi connectivity index (χ0n) is 17.9. The van der Waals surface area contributed by atoms with Gasteiger partial charge in [-0.2, -0.15) is 5.26 Å². The lowest BCUT2D eigenvalue weighted by atomic mass is 10.1. The molecule has 0 aliphatic rings. The Hall–Kier alpha value is -4.51.